The quantitative estimate of drug-likeness (QED) is 0.797. The summed E-state index contributed by atoms with van der Waals surface area (Å²) in [5.41, 5.74) is -1.14. The van der Waals surface area contributed by atoms with Crippen molar-refractivity contribution in [1.29, 1.82) is 0 Å². The molecular weight excluding hydrogens is 360 g/mol. The Balaban J connectivity index is 3.25. The van der Waals surface area contributed by atoms with Crippen LogP contribution in [0.2, 0.25) is 10.0 Å². The first kappa shape index (κ1) is 16.0. The van der Waals surface area contributed by atoms with Gasteiger partial charge in [-0.15, -0.1) is 0 Å². The highest BCUT2D eigenvalue weighted by Gasteiger charge is 2.33. The minimum Gasteiger partial charge on any atom is -0.389 e. The fraction of sp³-hybridized carbons (Fsp3) is 0.400. The van der Waals surface area contributed by atoms with E-state index in [0.717, 1.165) is 0 Å². The zero-order valence-corrected chi connectivity index (χ0v) is 11.8. The molecular formula is C10H8BrCl2F3O2. The largest absolute Gasteiger partial charge is 0.416 e. The fourth-order valence-corrected chi connectivity index (χ4v) is 2.37. The maximum absolute atomic E-state index is 12.5. The molecule has 2 N–H and O–H groups in total. The van der Waals surface area contributed by atoms with Gasteiger partial charge in [0.2, 0.25) is 0 Å². The van der Waals surface area contributed by atoms with Crippen molar-refractivity contribution in [3.63, 3.8) is 0 Å². The predicted octanol–water partition coefficient (Wildman–Crippen LogP) is 3.80. The molecule has 2 unspecified atom stereocenters. The van der Waals surface area contributed by atoms with Gasteiger partial charge in [0.25, 0.3) is 0 Å². The molecule has 8 heteroatoms. The van der Waals surface area contributed by atoms with Crippen molar-refractivity contribution in [3.05, 3.63) is 33.3 Å². The number of hydrogen-bond acceptors (Lipinski definition) is 2. The lowest BCUT2D eigenvalue weighted by Crippen LogP contribution is -2.20. The second-order valence-electron chi connectivity index (χ2n) is 3.52. The number of alkyl halides is 4. The number of aliphatic hydroxyl groups is 2. The van der Waals surface area contributed by atoms with Gasteiger partial charge in [0.05, 0.1) is 11.7 Å². The van der Waals surface area contributed by atoms with E-state index < -0.39 is 23.9 Å². The van der Waals surface area contributed by atoms with Crippen LogP contribution in [0.4, 0.5) is 13.2 Å². The van der Waals surface area contributed by atoms with E-state index in [9.17, 15) is 23.4 Å². The molecule has 0 aromatic heterocycles. The minimum absolute atomic E-state index is 0.0296. The molecule has 1 aromatic rings. The summed E-state index contributed by atoms with van der Waals surface area (Å²) in [5, 5.41) is 18.5. The van der Waals surface area contributed by atoms with Crippen LogP contribution in [0.5, 0.6) is 0 Å². The third kappa shape index (κ3) is 3.51. The average Bonchev–Trinajstić information content (AvgIpc) is 2.25. The minimum atomic E-state index is -4.58. The molecule has 0 bridgehead atoms. The third-order valence-electron chi connectivity index (χ3n) is 2.22. The lowest BCUT2D eigenvalue weighted by atomic mass is 10.0. The summed E-state index contributed by atoms with van der Waals surface area (Å²) in [6.45, 7) is 0. The summed E-state index contributed by atoms with van der Waals surface area (Å²) in [4.78, 5) is 0. The van der Waals surface area contributed by atoms with Crippen molar-refractivity contribution in [1.82, 2.24) is 0 Å². The molecule has 102 valence electrons. The molecule has 0 aliphatic rings. The summed E-state index contributed by atoms with van der Waals surface area (Å²) in [6.07, 6.45) is -7.27. The van der Waals surface area contributed by atoms with Gasteiger partial charge in [0.15, 0.2) is 0 Å². The zero-order chi connectivity index (χ0) is 14.1. The molecule has 0 amide bonds. The molecule has 0 aliphatic carbocycles. The van der Waals surface area contributed by atoms with Crippen molar-refractivity contribution in [2.24, 2.45) is 0 Å². The first-order valence-electron chi connectivity index (χ1n) is 4.66. The number of rotatable bonds is 3. The summed E-state index contributed by atoms with van der Waals surface area (Å²) < 4.78 is 37.4. The van der Waals surface area contributed by atoms with E-state index in [1.54, 1.807) is 0 Å². The Morgan fingerprint density at radius 1 is 1.17 bits per heavy atom. The SMILES string of the molecule is OC(CBr)C(O)c1c(Cl)cc(C(F)(F)F)cc1Cl. The number of benzene rings is 1. The Bertz CT molecular complexity index is 417. The van der Waals surface area contributed by atoms with Crippen molar-refractivity contribution < 1.29 is 23.4 Å². The van der Waals surface area contributed by atoms with Gasteiger partial charge in [-0.1, -0.05) is 39.1 Å². The van der Waals surface area contributed by atoms with Crippen LogP contribution in [0.25, 0.3) is 0 Å². The molecule has 1 rings (SSSR count). The van der Waals surface area contributed by atoms with Crippen LogP contribution in [0.1, 0.15) is 17.2 Å². The van der Waals surface area contributed by atoms with Gasteiger partial charge in [-0.2, -0.15) is 13.2 Å². The predicted molar refractivity (Wildman–Crippen MR) is 66.2 cm³/mol. The van der Waals surface area contributed by atoms with Gasteiger partial charge in [-0.05, 0) is 12.1 Å². The van der Waals surface area contributed by atoms with Crippen molar-refractivity contribution >= 4 is 39.1 Å². The molecule has 0 aliphatic heterocycles. The van der Waals surface area contributed by atoms with E-state index in [1.807, 2.05) is 0 Å². The molecule has 0 heterocycles. The van der Waals surface area contributed by atoms with Gasteiger partial charge in [-0.3, -0.25) is 0 Å². The highest BCUT2D eigenvalue weighted by Crippen LogP contribution is 2.39. The maximum atomic E-state index is 12.5. The monoisotopic (exact) mass is 366 g/mol. The van der Waals surface area contributed by atoms with E-state index in [0.29, 0.717) is 12.1 Å². The number of hydrogen-bond donors (Lipinski definition) is 2. The average molecular weight is 368 g/mol. The van der Waals surface area contributed by atoms with E-state index in [-0.39, 0.29) is 20.9 Å². The van der Waals surface area contributed by atoms with Crippen molar-refractivity contribution in [2.45, 2.75) is 18.4 Å². The van der Waals surface area contributed by atoms with E-state index in [1.165, 1.54) is 0 Å². The molecule has 0 saturated carbocycles. The summed E-state index contributed by atoms with van der Waals surface area (Å²) in [6, 6.07) is 1.32. The Kier molecular flexibility index (Phi) is 5.32. The van der Waals surface area contributed by atoms with Crippen LogP contribution in [0, 0.1) is 0 Å². The fourth-order valence-electron chi connectivity index (χ4n) is 1.31. The lowest BCUT2D eigenvalue weighted by molar-refractivity contribution is -0.137. The van der Waals surface area contributed by atoms with Crippen LogP contribution < -0.4 is 0 Å². The molecule has 2 atom stereocenters. The second kappa shape index (κ2) is 5.96. The number of aliphatic hydroxyl groups excluding tert-OH is 2. The molecule has 18 heavy (non-hydrogen) atoms. The standard InChI is InChI=1S/C10H8BrCl2F3O2/c11-3-7(17)9(18)8-5(12)1-4(2-6(8)13)10(14,15)16/h1-2,7,9,17-18H,3H2. The van der Waals surface area contributed by atoms with Gasteiger partial charge >= 0.3 is 6.18 Å². The van der Waals surface area contributed by atoms with Gasteiger partial charge in [-0.25, -0.2) is 0 Å². The molecule has 0 fully saturated rings. The molecule has 0 saturated heterocycles. The normalized spacial score (nSPS) is 15.6. The summed E-state index contributed by atoms with van der Waals surface area (Å²) in [5.74, 6) is 0. The topological polar surface area (TPSA) is 40.5 Å². The van der Waals surface area contributed by atoms with Crippen LogP contribution in [-0.2, 0) is 6.18 Å². The van der Waals surface area contributed by atoms with Gasteiger partial charge in [0.1, 0.15) is 6.10 Å². The van der Waals surface area contributed by atoms with Crippen LogP contribution in [0.15, 0.2) is 12.1 Å². The number of halogens is 6. The van der Waals surface area contributed by atoms with Crippen molar-refractivity contribution in [2.75, 3.05) is 5.33 Å². The third-order valence-corrected chi connectivity index (χ3v) is 3.51. The Morgan fingerprint density at radius 2 is 1.61 bits per heavy atom. The van der Waals surface area contributed by atoms with E-state index in [2.05, 4.69) is 15.9 Å². The Hall–Kier alpha value is -0.0100. The zero-order valence-electron chi connectivity index (χ0n) is 8.68. The Morgan fingerprint density at radius 3 is 1.94 bits per heavy atom. The molecule has 1 aromatic carbocycles. The first-order valence-corrected chi connectivity index (χ1v) is 6.54. The van der Waals surface area contributed by atoms with Gasteiger partial charge < -0.3 is 10.2 Å². The van der Waals surface area contributed by atoms with Crippen LogP contribution in [-0.4, -0.2) is 21.6 Å². The smallest absolute Gasteiger partial charge is 0.389 e. The van der Waals surface area contributed by atoms with E-state index >= 15 is 0 Å². The molecule has 0 radical (unpaired) electrons. The van der Waals surface area contributed by atoms with Crippen molar-refractivity contribution in [3.8, 4) is 0 Å². The Labute approximate surface area is 119 Å². The molecule has 0 spiro atoms. The second-order valence-corrected chi connectivity index (χ2v) is 4.98. The first-order chi connectivity index (χ1) is 8.18. The lowest BCUT2D eigenvalue weighted by Gasteiger charge is -2.19. The maximum Gasteiger partial charge on any atom is 0.416 e. The van der Waals surface area contributed by atoms with Gasteiger partial charge in [0, 0.05) is 20.9 Å². The summed E-state index contributed by atoms with van der Waals surface area (Å²) >= 11 is 14.3. The highest BCUT2D eigenvalue weighted by atomic mass is 79.9. The van der Waals surface area contributed by atoms with Crippen LogP contribution >= 0.6 is 39.1 Å². The summed E-state index contributed by atoms with van der Waals surface area (Å²) in [7, 11) is 0. The van der Waals surface area contributed by atoms with Crippen LogP contribution in [0.3, 0.4) is 0 Å². The molecule has 2 nitrogen and oxygen atoms in total. The highest BCUT2D eigenvalue weighted by molar-refractivity contribution is 9.09. The van der Waals surface area contributed by atoms with E-state index in [4.69, 9.17) is 23.2 Å².